The van der Waals surface area contributed by atoms with Crippen LogP contribution in [0.5, 0.6) is 0 Å². The van der Waals surface area contributed by atoms with Gasteiger partial charge in [-0.3, -0.25) is 0 Å². The highest BCUT2D eigenvalue weighted by molar-refractivity contribution is 9.10. The summed E-state index contributed by atoms with van der Waals surface area (Å²) < 4.78 is 22.7. The molecule has 34 heavy (non-hydrogen) atoms. The summed E-state index contributed by atoms with van der Waals surface area (Å²) in [6, 6.07) is 16.5. The first kappa shape index (κ1) is 30.4. The number of aryl methyl sites for hydroxylation is 1. The smallest absolute Gasteiger partial charge is 0.184 e. The molecule has 4 nitrogen and oxygen atoms in total. The number of halogens is 4. The standard InChI is InChI=1S/C13H17BrO2.C9H9BrO2.C4H8Br2/c14-7-2-1-4-11-5-3-6-12(10-11)13-15-8-9-16-13;10-8-3-1-2-7(6-8)9-11-4-5-12-9;5-3-1-2-4-6/h3,5-6,10,13H,1-2,4,7-9H2;1-3,6,9H,4-5H2;1-4H2. The van der Waals surface area contributed by atoms with E-state index < -0.39 is 0 Å². The maximum atomic E-state index is 5.49. The number of unbranched alkanes of at least 4 members (excludes halogenated alkanes) is 2. The molecule has 4 rings (SSSR count). The minimum absolute atomic E-state index is 0.142. The van der Waals surface area contributed by atoms with Gasteiger partial charge in [0.2, 0.25) is 0 Å². The minimum Gasteiger partial charge on any atom is -0.346 e. The third-order valence-electron chi connectivity index (χ3n) is 4.95. The Bertz CT molecular complexity index is 777. The highest BCUT2D eigenvalue weighted by Crippen LogP contribution is 2.25. The van der Waals surface area contributed by atoms with E-state index >= 15 is 0 Å². The molecule has 0 unspecified atom stereocenters. The molecule has 0 aliphatic carbocycles. The van der Waals surface area contributed by atoms with E-state index in [4.69, 9.17) is 18.9 Å². The molecule has 2 aromatic rings. The van der Waals surface area contributed by atoms with Crippen molar-refractivity contribution in [2.75, 3.05) is 42.4 Å². The zero-order chi connectivity index (χ0) is 24.4. The van der Waals surface area contributed by atoms with Gasteiger partial charge in [-0.05, 0) is 49.8 Å². The van der Waals surface area contributed by atoms with Crippen LogP contribution in [0.15, 0.2) is 53.0 Å². The van der Waals surface area contributed by atoms with Gasteiger partial charge in [0.25, 0.3) is 0 Å². The van der Waals surface area contributed by atoms with Crippen LogP contribution in [0.4, 0.5) is 0 Å². The fourth-order valence-corrected chi connectivity index (χ4v) is 4.87. The summed E-state index contributed by atoms with van der Waals surface area (Å²) in [6.45, 7) is 2.80. The van der Waals surface area contributed by atoms with Gasteiger partial charge in [-0.25, -0.2) is 0 Å². The van der Waals surface area contributed by atoms with Crippen molar-refractivity contribution < 1.29 is 18.9 Å². The van der Waals surface area contributed by atoms with Crippen LogP contribution in [0.3, 0.4) is 0 Å². The van der Waals surface area contributed by atoms with Crippen LogP contribution >= 0.6 is 63.7 Å². The van der Waals surface area contributed by atoms with E-state index in [9.17, 15) is 0 Å². The van der Waals surface area contributed by atoms with Gasteiger partial charge in [0.1, 0.15) is 0 Å². The summed E-state index contributed by atoms with van der Waals surface area (Å²) >= 11 is 13.5. The fraction of sp³-hybridized carbons (Fsp3) is 0.538. The lowest BCUT2D eigenvalue weighted by molar-refractivity contribution is -0.0443. The van der Waals surface area contributed by atoms with Crippen molar-refractivity contribution in [3.8, 4) is 0 Å². The van der Waals surface area contributed by atoms with Gasteiger partial charge in [0, 0.05) is 31.6 Å². The van der Waals surface area contributed by atoms with Crippen LogP contribution in [0.25, 0.3) is 0 Å². The number of alkyl halides is 3. The van der Waals surface area contributed by atoms with Crippen LogP contribution < -0.4 is 0 Å². The van der Waals surface area contributed by atoms with Crippen molar-refractivity contribution in [3.63, 3.8) is 0 Å². The average Bonchev–Trinajstić information content (AvgIpc) is 3.59. The SMILES string of the molecule is BrCCCCBr.BrCCCCc1cccc(C2OCCO2)c1.Brc1cccc(C2OCCO2)c1. The van der Waals surface area contributed by atoms with E-state index in [1.165, 1.54) is 31.2 Å². The first-order valence-electron chi connectivity index (χ1n) is 11.7. The first-order valence-corrected chi connectivity index (χ1v) is 15.8. The van der Waals surface area contributed by atoms with E-state index in [-0.39, 0.29) is 12.6 Å². The molecule has 2 aliphatic rings. The molecule has 2 heterocycles. The normalized spacial score (nSPS) is 16.0. The third kappa shape index (κ3) is 12.4. The molecule has 0 spiro atoms. The molecule has 2 fully saturated rings. The lowest BCUT2D eigenvalue weighted by atomic mass is 10.1. The van der Waals surface area contributed by atoms with E-state index in [0.29, 0.717) is 26.4 Å². The largest absolute Gasteiger partial charge is 0.346 e. The molecular formula is C26H34Br4O4. The second-order valence-electron chi connectivity index (χ2n) is 7.68. The summed E-state index contributed by atoms with van der Waals surface area (Å²) in [5, 5.41) is 3.36. The Hall–Kier alpha value is 0.200. The molecular weight excluding hydrogens is 696 g/mol. The maximum absolute atomic E-state index is 5.49. The number of hydrogen-bond donors (Lipinski definition) is 0. The average molecular weight is 730 g/mol. The third-order valence-corrected chi connectivity index (χ3v) is 7.13. The zero-order valence-electron chi connectivity index (χ0n) is 19.4. The quantitative estimate of drug-likeness (QED) is 0.192. The topological polar surface area (TPSA) is 36.9 Å². The Morgan fingerprint density at radius 2 is 1.09 bits per heavy atom. The van der Waals surface area contributed by atoms with Gasteiger partial charge in [0.05, 0.1) is 26.4 Å². The van der Waals surface area contributed by atoms with Crippen LogP contribution in [0.1, 0.15) is 55.0 Å². The zero-order valence-corrected chi connectivity index (χ0v) is 25.7. The minimum atomic E-state index is -0.164. The number of hydrogen-bond acceptors (Lipinski definition) is 4. The fourth-order valence-electron chi connectivity index (χ4n) is 3.26. The maximum Gasteiger partial charge on any atom is 0.184 e. The summed E-state index contributed by atoms with van der Waals surface area (Å²) in [5.41, 5.74) is 3.59. The number of rotatable bonds is 9. The van der Waals surface area contributed by atoms with Gasteiger partial charge in [-0.15, -0.1) is 0 Å². The van der Waals surface area contributed by atoms with Crippen molar-refractivity contribution in [1.82, 2.24) is 0 Å². The van der Waals surface area contributed by atoms with Crippen LogP contribution in [0, 0.1) is 0 Å². The highest BCUT2D eigenvalue weighted by atomic mass is 79.9. The van der Waals surface area contributed by atoms with Crippen LogP contribution in [-0.4, -0.2) is 42.4 Å². The molecule has 0 radical (unpaired) electrons. The monoisotopic (exact) mass is 726 g/mol. The second kappa shape index (κ2) is 19.3. The Balaban J connectivity index is 0.000000200. The number of benzene rings is 2. The van der Waals surface area contributed by atoms with Crippen molar-refractivity contribution >= 4 is 63.7 Å². The Kier molecular flexibility index (Phi) is 17.3. The molecule has 8 heteroatoms. The van der Waals surface area contributed by atoms with Gasteiger partial charge < -0.3 is 18.9 Å². The molecule has 0 atom stereocenters. The predicted molar refractivity (Wildman–Crippen MR) is 153 cm³/mol. The molecule has 0 aromatic heterocycles. The molecule has 2 saturated heterocycles. The Labute approximate surface area is 238 Å². The van der Waals surface area contributed by atoms with E-state index in [0.717, 1.165) is 38.0 Å². The summed E-state index contributed by atoms with van der Waals surface area (Å²) in [6.07, 6.45) is 5.84. The Morgan fingerprint density at radius 3 is 1.59 bits per heavy atom. The predicted octanol–water partition coefficient (Wildman–Crippen LogP) is 8.50. The molecule has 2 aromatic carbocycles. The van der Waals surface area contributed by atoms with Crippen molar-refractivity contribution in [1.29, 1.82) is 0 Å². The molecule has 0 saturated carbocycles. The Morgan fingerprint density at radius 1 is 0.618 bits per heavy atom. The van der Waals surface area contributed by atoms with Gasteiger partial charge in [-0.1, -0.05) is 100 Å². The van der Waals surface area contributed by atoms with Gasteiger partial charge in [0.15, 0.2) is 12.6 Å². The summed E-state index contributed by atoms with van der Waals surface area (Å²) in [4.78, 5) is 0. The molecule has 0 bridgehead atoms. The first-order chi connectivity index (χ1) is 16.7. The summed E-state index contributed by atoms with van der Waals surface area (Å²) in [5.74, 6) is 0. The van der Waals surface area contributed by atoms with Crippen LogP contribution in [0.2, 0.25) is 0 Å². The van der Waals surface area contributed by atoms with Crippen molar-refractivity contribution in [2.45, 2.75) is 44.7 Å². The molecule has 0 N–H and O–H groups in total. The van der Waals surface area contributed by atoms with Crippen LogP contribution in [-0.2, 0) is 25.4 Å². The molecule has 190 valence electrons. The number of ether oxygens (including phenoxy) is 4. The molecule has 0 amide bonds. The summed E-state index contributed by atoms with van der Waals surface area (Å²) in [7, 11) is 0. The van der Waals surface area contributed by atoms with Gasteiger partial charge in [-0.2, -0.15) is 0 Å². The van der Waals surface area contributed by atoms with Gasteiger partial charge >= 0.3 is 0 Å². The van der Waals surface area contributed by atoms with E-state index in [2.05, 4.69) is 88.0 Å². The lowest BCUT2D eigenvalue weighted by Gasteiger charge is -2.10. The molecule has 2 aliphatic heterocycles. The highest BCUT2D eigenvalue weighted by Gasteiger charge is 2.18. The lowest BCUT2D eigenvalue weighted by Crippen LogP contribution is -1.99. The van der Waals surface area contributed by atoms with E-state index in [1.807, 2.05) is 24.3 Å². The second-order valence-corrected chi connectivity index (χ2v) is 11.0. The van der Waals surface area contributed by atoms with E-state index in [1.54, 1.807) is 0 Å². The van der Waals surface area contributed by atoms with Crippen molar-refractivity contribution in [2.24, 2.45) is 0 Å². The van der Waals surface area contributed by atoms with Crippen molar-refractivity contribution in [3.05, 3.63) is 69.7 Å².